The summed E-state index contributed by atoms with van der Waals surface area (Å²) in [6, 6.07) is 6.05. The van der Waals surface area contributed by atoms with Gasteiger partial charge in [-0.2, -0.15) is 0 Å². The average Bonchev–Trinajstić information content (AvgIpc) is 2.27. The Morgan fingerprint density at radius 3 is 2.41 bits per heavy atom. The van der Waals surface area contributed by atoms with Crippen molar-refractivity contribution in [1.29, 1.82) is 0 Å². The van der Waals surface area contributed by atoms with E-state index >= 15 is 0 Å². The number of carbonyl (C=O) groups excluding carboxylic acids is 1. The van der Waals surface area contributed by atoms with Gasteiger partial charge in [-0.25, -0.2) is 0 Å². The Morgan fingerprint density at radius 1 is 1.41 bits per heavy atom. The van der Waals surface area contributed by atoms with Gasteiger partial charge < -0.3 is 15.7 Å². The maximum absolute atomic E-state index is 11.8. The Morgan fingerprint density at radius 2 is 1.94 bits per heavy atom. The second-order valence-corrected chi connectivity index (χ2v) is 4.49. The van der Waals surface area contributed by atoms with Gasteiger partial charge in [-0.3, -0.25) is 9.59 Å². The largest absolute Gasteiger partial charge is 0.481 e. The molecule has 1 aromatic rings. The number of hydrogen-bond donors (Lipinski definition) is 2. The summed E-state index contributed by atoms with van der Waals surface area (Å²) >= 11 is 3.29. The van der Waals surface area contributed by atoms with Crippen LogP contribution in [0.5, 0.6) is 0 Å². The van der Waals surface area contributed by atoms with Crippen LogP contribution in [0.1, 0.15) is 6.42 Å². The molecule has 0 aromatic heterocycles. The highest BCUT2D eigenvalue weighted by Crippen LogP contribution is 2.17. The van der Waals surface area contributed by atoms with E-state index in [0.717, 1.165) is 4.47 Å². The molecule has 1 unspecified atom stereocenters. The molecule has 3 N–H and O–H groups in total. The second-order valence-electron chi connectivity index (χ2n) is 3.58. The number of rotatable bonds is 4. The highest BCUT2D eigenvalue weighted by Gasteiger charge is 2.21. The van der Waals surface area contributed by atoms with Gasteiger partial charge in [-0.15, -0.1) is 0 Å². The number of aliphatic carboxylic acids is 1. The zero-order chi connectivity index (χ0) is 13.0. The molecule has 6 heteroatoms. The summed E-state index contributed by atoms with van der Waals surface area (Å²) in [6.07, 6.45) is -0.375. The first-order chi connectivity index (χ1) is 7.91. The van der Waals surface area contributed by atoms with Crippen LogP contribution in [0.25, 0.3) is 0 Å². The minimum Gasteiger partial charge on any atom is -0.481 e. The number of halogens is 1. The summed E-state index contributed by atoms with van der Waals surface area (Å²) in [5.74, 6) is -1.51. The zero-order valence-corrected chi connectivity index (χ0v) is 10.8. The van der Waals surface area contributed by atoms with Crippen molar-refractivity contribution in [3.8, 4) is 0 Å². The molecule has 0 aliphatic heterocycles. The Balaban J connectivity index is 2.75. The van der Waals surface area contributed by atoms with E-state index in [2.05, 4.69) is 15.9 Å². The number of nitrogens with two attached hydrogens (primary N) is 1. The lowest BCUT2D eigenvalue weighted by atomic mass is 10.2. The second kappa shape index (κ2) is 5.79. The van der Waals surface area contributed by atoms with Crippen LogP contribution < -0.4 is 10.6 Å². The van der Waals surface area contributed by atoms with E-state index in [9.17, 15) is 9.59 Å². The van der Waals surface area contributed by atoms with Gasteiger partial charge >= 0.3 is 5.97 Å². The molecule has 0 aliphatic carbocycles. The van der Waals surface area contributed by atoms with Gasteiger partial charge in [-0.1, -0.05) is 15.9 Å². The number of benzene rings is 1. The number of likely N-dealkylation sites (N-methyl/N-ethyl adjacent to an activating group) is 1. The SMILES string of the molecule is CN(C(=O)C(N)CC(=O)O)c1ccc(Br)cc1. The monoisotopic (exact) mass is 300 g/mol. The normalized spacial score (nSPS) is 11.9. The molecule has 5 nitrogen and oxygen atoms in total. The number of carboxylic acids is 1. The van der Waals surface area contributed by atoms with Crippen LogP contribution in [-0.4, -0.2) is 30.1 Å². The van der Waals surface area contributed by atoms with E-state index in [0.29, 0.717) is 5.69 Å². The third-order valence-corrected chi connectivity index (χ3v) is 2.78. The van der Waals surface area contributed by atoms with Crippen LogP contribution in [0.3, 0.4) is 0 Å². The predicted octanol–water partition coefficient (Wildman–Crippen LogP) is 1.21. The number of anilines is 1. The maximum Gasteiger partial charge on any atom is 0.305 e. The lowest BCUT2D eigenvalue weighted by Gasteiger charge is -2.20. The fourth-order valence-electron chi connectivity index (χ4n) is 1.32. The van der Waals surface area contributed by atoms with Gasteiger partial charge in [0, 0.05) is 17.2 Å². The molecule has 0 heterocycles. The molecule has 0 radical (unpaired) electrons. The Kier molecular flexibility index (Phi) is 4.65. The first-order valence-electron chi connectivity index (χ1n) is 4.92. The van der Waals surface area contributed by atoms with Crippen molar-refractivity contribution in [3.63, 3.8) is 0 Å². The van der Waals surface area contributed by atoms with E-state index in [4.69, 9.17) is 10.8 Å². The Bertz CT molecular complexity index is 419. The lowest BCUT2D eigenvalue weighted by Crippen LogP contribution is -2.43. The van der Waals surface area contributed by atoms with Crippen LogP contribution in [0.2, 0.25) is 0 Å². The third kappa shape index (κ3) is 3.83. The van der Waals surface area contributed by atoms with E-state index in [-0.39, 0.29) is 6.42 Å². The predicted molar refractivity (Wildman–Crippen MR) is 67.8 cm³/mol. The fourth-order valence-corrected chi connectivity index (χ4v) is 1.58. The van der Waals surface area contributed by atoms with E-state index in [1.165, 1.54) is 4.90 Å². The van der Waals surface area contributed by atoms with Gasteiger partial charge in [-0.05, 0) is 24.3 Å². The minimum atomic E-state index is -1.09. The molecule has 0 saturated heterocycles. The van der Waals surface area contributed by atoms with Crippen molar-refractivity contribution < 1.29 is 14.7 Å². The molecule has 92 valence electrons. The summed E-state index contributed by atoms with van der Waals surface area (Å²) in [5.41, 5.74) is 6.17. The fraction of sp³-hybridized carbons (Fsp3) is 0.273. The molecule has 0 spiro atoms. The molecule has 0 aliphatic rings. The standard InChI is InChI=1S/C11H13BrN2O3/c1-14(8-4-2-7(12)3-5-8)11(17)9(13)6-10(15)16/h2-5,9H,6,13H2,1H3,(H,15,16). The highest BCUT2D eigenvalue weighted by molar-refractivity contribution is 9.10. The van der Waals surface area contributed by atoms with Gasteiger partial charge in [0.15, 0.2) is 0 Å². The quantitative estimate of drug-likeness (QED) is 0.875. The number of nitrogens with zero attached hydrogens (tertiary/aromatic N) is 1. The van der Waals surface area contributed by atoms with Gasteiger partial charge in [0.1, 0.15) is 0 Å². The van der Waals surface area contributed by atoms with Crippen LogP contribution in [-0.2, 0) is 9.59 Å². The third-order valence-electron chi connectivity index (χ3n) is 2.26. The van der Waals surface area contributed by atoms with Crippen molar-refractivity contribution in [1.82, 2.24) is 0 Å². The zero-order valence-electron chi connectivity index (χ0n) is 9.26. The van der Waals surface area contributed by atoms with E-state index < -0.39 is 17.9 Å². The molecule has 1 amide bonds. The van der Waals surface area contributed by atoms with Gasteiger partial charge in [0.2, 0.25) is 5.91 Å². The smallest absolute Gasteiger partial charge is 0.305 e. The van der Waals surface area contributed by atoms with Crippen molar-refractivity contribution in [2.75, 3.05) is 11.9 Å². The molecule has 1 rings (SSSR count). The topological polar surface area (TPSA) is 83.6 Å². The molecule has 0 fully saturated rings. The number of hydrogen-bond acceptors (Lipinski definition) is 3. The number of amides is 1. The van der Waals surface area contributed by atoms with Crippen molar-refractivity contribution in [3.05, 3.63) is 28.7 Å². The summed E-state index contributed by atoms with van der Waals surface area (Å²) in [5, 5.41) is 8.56. The van der Waals surface area contributed by atoms with Crippen molar-refractivity contribution >= 4 is 33.5 Å². The summed E-state index contributed by atoms with van der Waals surface area (Å²) in [4.78, 5) is 23.6. The Hall–Kier alpha value is -1.40. The first-order valence-corrected chi connectivity index (χ1v) is 5.71. The summed E-state index contributed by atoms with van der Waals surface area (Å²) < 4.78 is 0.900. The maximum atomic E-state index is 11.8. The molecular weight excluding hydrogens is 288 g/mol. The number of carboxylic acid groups (broad SMARTS) is 1. The Labute approximate surface area is 107 Å². The van der Waals surface area contributed by atoms with Crippen LogP contribution in [0.15, 0.2) is 28.7 Å². The number of carbonyl (C=O) groups is 2. The van der Waals surface area contributed by atoms with Crippen molar-refractivity contribution in [2.45, 2.75) is 12.5 Å². The summed E-state index contributed by atoms with van der Waals surface area (Å²) in [7, 11) is 1.56. The minimum absolute atomic E-state index is 0.375. The lowest BCUT2D eigenvalue weighted by molar-refractivity contribution is -0.139. The van der Waals surface area contributed by atoms with E-state index in [1.807, 2.05) is 0 Å². The molecular formula is C11H13BrN2O3. The molecule has 17 heavy (non-hydrogen) atoms. The van der Waals surface area contributed by atoms with E-state index in [1.54, 1.807) is 31.3 Å². The van der Waals surface area contributed by atoms with Gasteiger partial charge in [0.05, 0.1) is 12.5 Å². The molecule has 1 aromatic carbocycles. The van der Waals surface area contributed by atoms with Crippen LogP contribution >= 0.6 is 15.9 Å². The van der Waals surface area contributed by atoms with Crippen LogP contribution in [0, 0.1) is 0 Å². The summed E-state index contributed by atoms with van der Waals surface area (Å²) in [6.45, 7) is 0. The average molecular weight is 301 g/mol. The molecule has 0 saturated carbocycles. The molecule has 1 atom stereocenters. The van der Waals surface area contributed by atoms with Crippen molar-refractivity contribution in [2.24, 2.45) is 5.73 Å². The van der Waals surface area contributed by atoms with Gasteiger partial charge in [0.25, 0.3) is 0 Å². The molecule has 0 bridgehead atoms. The first kappa shape index (κ1) is 13.7. The van der Waals surface area contributed by atoms with Crippen LogP contribution in [0.4, 0.5) is 5.69 Å². The highest BCUT2D eigenvalue weighted by atomic mass is 79.9.